The summed E-state index contributed by atoms with van der Waals surface area (Å²) < 4.78 is 1.33. The summed E-state index contributed by atoms with van der Waals surface area (Å²) in [4.78, 5) is 12.2. The number of ketones is 1. The quantitative estimate of drug-likeness (QED) is 0.716. The molecule has 1 aromatic rings. The normalized spacial score (nSPS) is 13.3. The molecule has 0 aromatic carbocycles. The van der Waals surface area contributed by atoms with E-state index in [0.717, 1.165) is 0 Å². The number of Topliss-reactive ketones (excluding diaryl/α,β-unsaturated/α-hetero) is 1. The van der Waals surface area contributed by atoms with Gasteiger partial charge in [0.15, 0.2) is 11.7 Å². The van der Waals surface area contributed by atoms with Gasteiger partial charge in [-0.05, 0) is 26.7 Å². The second-order valence-electron chi connectivity index (χ2n) is 5.25. The molecule has 0 fully saturated rings. The number of carbonyl (C=O) groups excluding carboxylic acids is 1. The van der Waals surface area contributed by atoms with E-state index in [9.17, 15) is 15.0 Å². The van der Waals surface area contributed by atoms with Gasteiger partial charge in [-0.3, -0.25) is 9.36 Å². The third kappa shape index (κ3) is 2.22. The van der Waals surface area contributed by atoms with E-state index in [4.69, 9.17) is 5.73 Å². The summed E-state index contributed by atoms with van der Waals surface area (Å²) in [5.74, 6) is -0.654. The summed E-state index contributed by atoms with van der Waals surface area (Å²) in [6.07, 6.45) is 0. The van der Waals surface area contributed by atoms with Crippen molar-refractivity contribution in [1.29, 1.82) is 0 Å². The third-order valence-corrected chi connectivity index (χ3v) is 3.17. The Morgan fingerprint density at radius 3 is 2.00 bits per heavy atom. The van der Waals surface area contributed by atoms with Crippen molar-refractivity contribution in [3.63, 3.8) is 0 Å². The smallest absolute Gasteiger partial charge is 0.205 e. The molecule has 0 aliphatic carbocycles. The van der Waals surface area contributed by atoms with Gasteiger partial charge < -0.3 is 15.9 Å². The van der Waals surface area contributed by atoms with E-state index in [1.807, 2.05) is 27.7 Å². The summed E-state index contributed by atoms with van der Waals surface area (Å²) in [5.41, 5.74) is 6.32. The molecule has 1 rings (SSSR count). The number of carbonyl (C=O) groups is 1. The molecule has 0 spiro atoms. The molecule has 0 aliphatic heterocycles. The summed E-state index contributed by atoms with van der Waals surface area (Å²) in [6.45, 7) is 8.92. The fourth-order valence-corrected chi connectivity index (χ4v) is 1.93. The lowest BCUT2D eigenvalue weighted by Crippen LogP contribution is -2.35. The number of rotatable bonds is 4. The Bertz CT molecular complexity index is 461. The second-order valence-corrected chi connectivity index (χ2v) is 5.25. The molecule has 0 bridgehead atoms. The number of hydrogen-bond acceptors (Lipinski definition) is 4. The zero-order chi connectivity index (χ0) is 14.2. The number of aromatic nitrogens is 1. The van der Waals surface area contributed by atoms with E-state index in [0.29, 0.717) is 5.56 Å². The zero-order valence-corrected chi connectivity index (χ0v) is 11.6. The minimum Gasteiger partial charge on any atom is -0.494 e. The largest absolute Gasteiger partial charge is 0.494 e. The molecule has 0 aliphatic rings. The van der Waals surface area contributed by atoms with Crippen LogP contribution in [0.3, 0.4) is 0 Å². The SMILES string of the molecule is Cc1c(C(=O)[C@@H](N)C(C)C)c(O)n(C(C)C)c1O. The van der Waals surface area contributed by atoms with Gasteiger partial charge in [0.1, 0.15) is 0 Å². The van der Waals surface area contributed by atoms with Crippen LogP contribution in [0.2, 0.25) is 0 Å². The maximum Gasteiger partial charge on any atom is 0.205 e. The minimum absolute atomic E-state index is 0.0270. The number of aromatic hydroxyl groups is 2. The van der Waals surface area contributed by atoms with Crippen LogP contribution in [0.5, 0.6) is 11.8 Å². The Morgan fingerprint density at radius 2 is 1.67 bits per heavy atom. The van der Waals surface area contributed by atoms with E-state index in [1.165, 1.54) is 4.57 Å². The average Bonchev–Trinajstić information content (AvgIpc) is 2.48. The first-order valence-corrected chi connectivity index (χ1v) is 6.12. The highest BCUT2D eigenvalue weighted by molar-refractivity contribution is 6.04. The van der Waals surface area contributed by atoms with Crippen LogP contribution < -0.4 is 5.73 Å². The van der Waals surface area contributed by atoms with E-state index in [2.05, 4.69) is 0 Å². The standard InChI is InChI=1S/C13H22N2O3/c1-6(2)10(14)11(16)9-8(5)12(17)15(7(3)4)13(9)18/h6-7,10,17-18H,14H2,1-5H3/t10-/m0/s1. The Labute approximate surface area is 107 Å². The molecule has 0 radical (unpaired) electrons. The van der Waals surface area contributed by atoms with Gasteiger partial charge in [0.2, 0.25) is 5.88 Å². The monoisotopic (exact) mass is 254 g/mol. The van der Waals surface area contributed by atoms with Gasteiger partial charge in [-0.1, -0.05) is 13.8 Å². The first-order chi connectivity index (χ1) is 8.20. The lowest BCUT2D eigenvalue weighted by molar-refractivity contribution is 0.0937. The van der Waals surface area contributed by atoms with Crippen LogP contribution in [-0.4, -0.2) is 26.6 Å². The Kier molecular flexibility index (Phi) is 4.06. The summed E-state index contributed by atoms with van der Waals surface area (Å²) >= 11 is 0. The van der Waals surface area contributed by atoms with Crippen molar-refractivity contribution in [2.24, 2.45) is 11.7 Å². The molecular formula is C13H22N2O3. The average molecular weight is 254 g/mol. The van der Waals surface area contributed by atoms with Crippen LogP contribution >= 0.6 is 0 Å². The maximum absolute atomic E-state index is 12.2. The van der Waals surface area contributed by atoms with Gasteiger partial charge in [0, 0.05) is 11.6 Å². The van der Waals surface area contributed by atoms with E-state index >= 15 is 0 Å². The molecule has 1 heterocycles. The predicted octanol–water partition coefficient (Wildman–Crippen LogP) is 1.95. The van der Waals surface area contributed by atoms with Crippen LogP contribution in [0.25, 0.3) is 0 Å². The summed E-state index contributed by atoms with van der Waals surface area (Å²) in [6, 6.07) is -0.822. The molecular weight excluding hydrogens is 232 g/mol. The zero-order valence-electron chi connectivity index (χ0n) is 11.6. The van der Waals surface area contributed by atoms with E-state index < -0.39 is 6.04 Å². The number of hydrogen-bond donors (Lipinski definition) is 3. The van der Waals surface area contributed by atoms with Crippen molar-refractivity contribution in [3.05, 3.63) is 11.1 Å². The molecule has 18 heavy (non-hydrogen) atoms. The molecule has 102 valence electrons. The molecule has 5 heteroatoms. The fourth-order valence-electron chi connectivity index (χ4n) is 1.93. The van der Waals surface area contributed by atoms with Crippen LogP contribution in [-0.2, 0) is 0 Å². The summed E-state index contributed by atoms with van der Waals surface area (Å²) in [5, 5.41) is 20.0. The van der Waals surface area contributed by atoms with Crippen molar-refractivity contribution >= 4 is 5.78 Å². The lowest BCUT2D eigenvalue weighted by Gasteiger charge is -2.14. The van der Waals surface area contributed by atoms with Crippen molar-refractivity contribution in [2.75, 3.05) is 0 Å². The van der Waals surface area contributed by atoms with Crippen molar-refractivity contribution in [2.45, 2.75) is 46.7 Å². The number of nitrogens with zero attached hydrogens (tertiary/aromatic N) is 1. The van der Waals surface area contributed by atoms with Gasteiger partial charge >= 0.3 is 0 Å². The maximum atomic E-state index is 12.2. The molecule has 0 saturated carbocycles. The van der Waals surface area contributed by atoms with Crippen LogP contribution in [0.15, 0.2) is 0 Å². The first kappa shape index (κ1) is 14.6. The van der Waals surface area contributed by atoms with E-state index in [-0.39, 0.29) is 35.1 Å². The summed E-state index contributed by atoms with van der Waals surface area (Å²) in [7, 11) is 0. The lowest BCUT2D eigenvalue weighted by atomic mass is 9.95. The highest BCUT2D eigenvalue weighted by Gasteiger charge is 2.30. The van der Waals surface area contributed by atoms with Crippen LogP contribution in [0.1, 0.15) is 49.7 Å². The molecule has 1 atom stereocenters. The minimum atomic E-state index is -0.683. The number of nitrogens with two attached hydrogens (primary N) is 1. The van der Waals surface area contributed by atoms with Gasteiger partial charge in [-0.2, -0.15) is 0 Å². The fraction of sp³-hybridized carbons (Fsp3) is 0.615. The Morgan fingerprint density at radius 1 is 1.17 bits per heavy atom. The Hall–Kier alpha value is -1.49. The van der Waals surface area contributed by atoms with Gasteiger partial charge in [0.25, 0.3) is 0 Å². The highest BCUT2D eigenvalue weighted by atomic mass is 16.3. The van der Waals surface area contributed by atoms with Crippen molar-refractivity contribution in [3.8, 4) is 11.8 Å². The first-order valence-electron chi connectivity index (χ1n) is 6.12. The Balaban J connectivity index is 3.35. The van der Waals surface area contributed by atoms with Crippen LogP contribution in [0.4, 0.5) is 0 Å². The second kappa shape index (κ2) is 5.02. The van der Waals surface area contributed by atoms with Gasteiger partial charge in [0.05, 0.1) is 11.6 Å². The molecule has 1 aromatic heterocycles. The van der Waals surface area contributed by atoms with Crippen molar-refractivity contribution < 1.29 is 15.0 Å². The van der Waals surface area contributed by atoms with Gasteiger partial charge in [-0.25, -0.2) is 0 Å². The topological polar surface area (TPSA) is 88.5 Å². The molecule has 0 unspecified atom stereocenters. The third-order valence-electron chi connectivity index (χ3n) is 3.17. The predicted molar refractivity (Wildman–Crippen MR) is 70.0 cm³/mol. The van der Waals surface area contributed by atoms with E-state index in [1.54, 1.807) is 6.92 Å². The van der Waals surface area contributed by atoms with Crippen LogP contribution in [0, 0.1) is 12.8 Å². The van der Waals surface area contributed by atoms with Gasteiger partial charge in [-0.15, -0.1) is 0 Å². The molecule has 5 nitrogen and oxygen atoms in total. The highest BCUT2D eigenvalue weighted by Crippen LogP contribution is 2.36. The molecule has 0 saturated heterocycles. The van der Waals surface area contributed by atoms with Crippen molar-refractivity contribution in [1.82, 2.24) is 4.57 Å². The molecule has 0 amide bonds. The molecule has 4 N–H and O–H groups in total.